The predicted molar refractivity (Wildman–Crippen MR) is 93.6 cm³/mol. The molecule has 1 amide bonds. The van der Waals surface area contributed by atoms with Gasteiger partial charge >= 0.3 is 0 Å². The summed E-state index contributed by atoms with van der Waals surface area (Å²) in [7, 11) is 0. The summed E-state index contributed by atoms with van der Waals surface area (Å²) in [4.78, 5) is 14.4. The van der Waals surface area contributed by atoms with Gasteiger partial charge in [-0.3, -0.25) is 4.79 Å². The smallest absolute Gasteiger partial charge is 0.244 e. The lowest BCUT2D eigenvalue weighted by Gasteiger charge is -2.22. The van der Waals surface area contributed by atoms with Gasteiger partial charge in [0.05, 0.1) is 0 Å². The van der Waals surface area contributed by atoms with Gasteiger partial charge in [-0.05, 0) is 60.6 Å². The van der Waals surface area contributed by atoms with Crippen LogP contribution in [0.3, 0.4) is 0 Å². The van der Waals surface area contributed by atoms with Crippen molar-refractivity contribution in [1.82, 2.24) is 4.90 Å². The van der Waals surface area contributed by atoms with Crippen molar-refractivity contribution < 1.29 is 4.79 Å². The van der Waals surface area contributed by atoms with E-state index < -0.39 is 0 Å². The van der Waals surface area contributed by atoms with E-state index in [-0.39, 0.29) is 11.9 Å². The van der Waals surface area contributed by atoms with E-state index in [1.807, 2.05) is 11.8 Å². The van der Waals surface area contributed by atoms with Crippen LogP contribution < -0.4 is 5.32 Å². The van der Waals surface area contributed by atoms with Crippen LogP contribution in [0.2, 0.25) is 0 Å². The Morgan fingerprint density at radius 3 is 2.61 bits per heavy atom. The van der Waals surface area contributed by atoms with E-state index in [2.05, 4.69) is 47.8 Å². The Hall–Kier alpha value is -2.29. The molecule has 3 heteroatoms. The SMILES string of the molecule is C[C@H](Nc1ccc2c(c1)Cc1ccccc1-2)C(=O)N1CCCC1. The normalized spacial score (nSPS) is 16.8. The number of benzene rings is 2. The Morgan fingerprint density at radius 1 is 1.04 bits per heavy atom. The highest BCUT2D eigenvalue weighted by molar-refractivity contribution is 5.85. The molecule has 1 saturated heterocycles. The summed E-state index contributed by atoms with van der Waals surface area (Å²) < 4.78 is 0. The standard InChI is InChI=1S/C20H22N2O/c1-14(20(23)22-10-4-5-11-22)21-17-8-9-19-16(13-17)12-15-6-2-3-7-18(15)19/h2-3,6-9,13-14,21H,4-5,10-12H2,1H3/t14-/m0/s1. The third-order valence-corrected chi connectivity index (χ3v) is 4.97. The zero-order valence-electron chi connectivity index (χ0n) is 13.5. The summed E-state index contributed by atoms with van der Waals surface area (Å²) in [5, 5.41) is 3.38. The van der Waals surface area contributed by atoms with Crippen molar-refractivity contribution in [1.29, 1.82) is 0 Å². The van der Waals surface area contributed by atoms with Gasteiger partial charge in [0.25, 0.3) is 0 Å². The Kier molecular flexibility index (Phi) is 3.56. The number of hydrogen-bond donors (Lipinski definition) is 1. The third kappa shape index (κ3) is 2.61. The van der Waals surface area contributed by atoms with Gasteiger partial charge in [-0.15, -0.1) is 0 Å². The van der Waals surface area contributed by atoms with Crippen molar-refractivity contribution >= 4 is 11.6 Å². The van der Waals surface area contributed by atoms with Gasteiger partial charge in [-0.25, -0.2) is 0 Å². The molecule has 2 aliphatic rings. The Bertz CT molecular complexity index is 747. The average Bonchev–Trinajstić information content (AvgIpc) is 3.21. The maximum absolute atomic E-state index is 12.4. The number of carbonyl (C=O) groups excluding carboxylic acids is 1. The van der Waals surface area contributed by atoms with Crippen LogP contribution in [0.15, 0.2) is 42.5 Å². The maximum Gasteiger partial charge on any atom is 0.244 e. The summed E-state index contributed by atoms with van der Waals surface area (Å²) in [5.74, 6) is 0.214. The molecule has 1 aliphatic carbocycles. The minimum absolute atomic E-state index is 0.171. The van der Waals surface area contributed by atoms with Crippen LogP contribution in [-0.4, -0.2) is 29.9 Å². The molecule has 1 fully saturated rings. The molecule has 0 spiro atoms. The van der Waals surface area contributed by atoms with Gasteiger partial charge < -0.3 is 10.2 Å². The molecule has 1 aliphatic heterocycles. The molecule has 3 nitrogen and oxygen atoms in total. The van der Waals surface area contributed by atoms with E-state index >= 15 is 0 Å². The van der Waals surface area contributed by atoms with Gasteiger partial charge in [0.2, 0.25) is 5.91 Å². The Morgan fingerprint density at radius 2 is 1.78 bits per heavy atom. The van der Waals surface area contributed by atoms with Crippen molar-refractivity contribution in [3.63, 3.8) is 0 Å². The minimum atomic E-state index is -0.171. The van der Waals surface area contributed by atoms with Crippen molar-refractivity contribution in [3.05, 3.63) is 53.6 Å². The predicted octanol–water partition coefficient (Wildman–Crippen LogP) is 3.68. The number of rotatable bonds is 3. The third-order valence-electron chi connectivity index (χ3n) is 4.97. The maximum atomic E-state index is 12.4. The van der Waals surface area contributed by atoms with Crippen molar-refractivity contribution in [2.45, 2.75) is 32.2 Å². The number of hydrogen-bond acceptors (Lipinski definition) is 2. The van der Waals surface area contributed by atoms with Crippen LogP contribution >= 0.6 is 0 Å². The Balaban J connectivity index is 1.51. The van der Waals surface area contributed by atoms with Crippen LogP contribution in [0.5, 0.6) is 0 Å². The number of fused-ring (bicyclic) bond motifs is 3. The second kappa shape index (κ2) is 5.73. The number of nitrogens with one attached hydrogen (secondary N) is 1. The number of amides is 1. The first-order chi connectivity index (χ1) is 11.2. The summed E-state index contributed by atoms with van der Waals surface area (Å²) in [5.41, 5.74) is 6.44. The fourth-order valence-electron chi connectivity index (χ4n) is 3.76. The number of anilines is 1. The van der Waals surface area contributed by atoms with Gasteiger partial charge in [-0.2, -0.15) is 0 Å². The van der Waals surface area contributed by atoms with Crippen LogP contribution in [0.25, 0.3) is 11.1 Å². The molecule has 1 atom stereocenters. The highest BCUT2D eigenvalue weighted by Crippen LogP contribution is 2.37. The van der Waals surface area contributed by atoms with E-state index in [0.29, 0.717) is 0 Å². The molecule has 118 valence electrons. The highest BCUT2D eigenvalue weighted by atomic mass is 16.2. The first kappa shape index (κ1) is 14.3. The molecule has 0 bridgehead atoms. The van der Waals surface area contributed by atoms with Crippen molar-refractivity contribution in [2.75, 3.05) is 18.4 Å². The number of carbonyl (C=O) groups is 1. The van der Waals surface area contributed by atoms with Crippen molar-refractivity contribution in [2.24, 2.45) is 0 Å². The van der Waals surface area contributed by atoms with Gasteiger partial charge in [0, 0.05) is 18.8 Å². The lowest BCUT2D eigenvalue weighted by molar-refractivity contribution is -0.130. The molecule has 0 radical (unpaired) electrons. The van der Waals surface area contributed by atoms with E-state index in [0.717, 1.165) is 38.0 Å². The number of likely N-dealkylation sites (tertiary alicyclic amines) is 1. The van der Waals surface area contributed by atoms with Crippen LogP contribution in [0.1, 0.15) is 30.9 Å². The van der Waals surface area contributed by atoms with E-state index in [9.17, 15) is 4.79 Å². The molecular weight excluding hydrogens is 284 g/mol. The fraction of sp³-hybridized carbons (Fsp3) is 0.350. The molecule has 0 saturated carbocycles. The molecule has 23 heavy (non-hydrogen) atoms. The van der Waals surface area contributed by atoms with Gasteiger partial charge in [-0.1, -0.05) is 30.3 Å². The summed E-state index contributed by atoms with van der Waals surface area (Å²) in [6.45, 7) is 3.78. The molecule has 4 rings (SSSR count). The van der Waals surface area contributed by atoms with Crippen molar-refractivity contribution in [3.8, 4) is 11.1 Å². The van der Waals surface area contributed by atoms with E-state index in [1.165, 1.54) is 22.3 Å². The van der Waals surface area contributed by atoms with Gasteiger partial charge in [0.1, 0.15) is 6.04 Å². The zero-order valence-corrected chi connectivity index (χ0v) is 13.5. The first-order valence-electron chi connectivity index (χ1n) is 8.49. The largest absolute Gasteiger partial charge is 0.374 e. The molecule has 1 N–H and O–H groups in total. The van der Waals surface area contributed by atoms with E-state index in [4.69, 9.17) is 0 Å². The summed E-state index contributed by atoms with van der Waals surface area (Å²) in [6.07, 6.45) is 3.25. The zero-order chi connectivity index (χ0) is 15.8. The second-order valence-corrected chi connectivity index (χ2v) is 6.60. The van der Waals surface area contributed by atoms with Crippen LogP contribution in [-0.2, 0) is 11.2 Å². The molecule has 0 aromatic heterocycles. The molecular formula is C20H22N2O. The van der Waals surface area contributed by atoms with Crippen LogP contribution in [0, 0.1) is 0 Å². The quantitative estimate of drug-likeness (QED) is 0.800. The lowest BCUT2D eigenvalue weighted by Crippen LogP contribution is -2.39. The molecule has 1 heterocycles. The first-order valence-corrected chi connectivity index (χ1v) is 8.49. The average molecular weight is 306 g/mol. The molecule has 2 aromatic rings. The molecule has 0 unspecified atom stereocenters. The van der Waals surface area contributed by atoms with Crippen LogP contribution in [0.4, 0.5) is 5.69 Å². The summed E-state index contributed by atoms with van der Waals surface area (Å²) in [6, 6.07) is 14.9. The number of nitrogens with zero attached hydrogens (tertiary/aromatic N) is 1. The lowest BCUT2D eigenvalue weighted by atomic mass is 10.1. The highest BCUT2D eigenvalue weighted by Gasteiger charge is 2.24. The fourth-order valence-corrected chi connectivity index (χ4v) is 3.76. The Labute approximate surface area is 137 Å². The summed E-state index contributed by atoms with van der Waals surface area (Å²) >= 11 is 0. The van der Waals surface area contributed by atoms with Gasteiger partial charge in [0.15, 0.2) is 0 Å². The molecule has 2 aromatic carbocycles. The second-order valence-electron chi connectivity index (χ2n) is 6.60. The van der Waals surface area contributed by atoms with E-state index in [1.54, 1.807) is 0 Å². The topological polar surface area (TPSA) is 32.3 Å². The minimum Gasteiger partial charge on any atom is -0.374 e. The monoisotopic (exact) mass is 306 g/mol.